The normalized spacial score (nSPS) is 16.4. The molecule has 1 aromatic rings. The number of nitrogens with zero attached hydrogens (tertiary/aromatic N) is 3. The van der Waals surface area contributed by atoms with Crippen LogP contribution in [-0.4, -0.2) is 33.7 Å². The van der Waals surface area contributed by atoms with Crippen molar-refractivity contribution in [1.82, 2.24) is 20.3 Å². The Kier molecular flexibility index (Phi) is 3.79. The van der Waals surface area contributed by atoms with Crippen molar-refractivity contribution in [3.05, 3.63) is 11.9 Å². The van der Waals surface area contributed by atoms with E-state index in [0.717, 1.165) is 25.2 Å². The smallest absolute Gasteiger partial charge is 0.0964 e. The summed E-state index contributed by atoms with van der Waals surface area (Å²) in [5.41, 5.74) is 0.922. The second kappa shape index (κ2) is 5.14. The Morgan fingerprint density at radius 2 is 2.29 bits per heavy atom. The molecule has 0 spiro atoms. The topological polar surface area (TPSA) is 52.0 Å². The highest BCUT2D eigenvalue weighted by Gasteiger charge is 2.20. The predicted octanol–water partition coefficient (Wildman–Crippen LogP) is 1.35. The summed E-state index contributed by atoms with van der Waals surface area (Å²) in [5, 5.41) is 11.7. The van der Waals surface area contributed by atoms with E-state index in [2.05, 4.69) is 29.5 Å². The Balaban J connectivity index is 1.76. The van der Waals surface area contributed by atoms with Gasteiger partial charge in [0, 0.05) is 32.4 Å². The predicted molar refractivity (Wildman–Crippen MR) is 65.6 cm³/mol. The minimum absolute atomic E-state index is 0.0988. The first kappa shape index (κ1) is 12.5. The largest absolute Gasteiger partial charge is 0.379 e. The van der Waals surface area contributed by atoms with Crippen LogP contribution in [0.2, 0.25) is 0 Å². The van der Waals surface area contributed by atoms with Crippen LogP contribution in [-0.2, 0) is 17.8 Å². The Hall–Kier alpha value is -0.940. The van der Waals surface area contributed by atoms with Crippen molar-refractivity contribution in [2.24, 2.45) is 0 Å². The molecule has 1 saturated carbocycles. The third-order valence-electron chi connectivity index (χ3n) is 3.23. The Morgan fingerprint density at radius 3 is 2.94 bits per heavy atom. The molecule has 1 fully saturated rings. The maximum Gasteiger partial charge on any atom is 0.0964 e. The summed E-state index contributed by atoms with van der Waals surface area (Å²) in [6.45, 7) is 5.84. The van der Waals surface area contributed by atoms with Crippen LogP contribution < -0.4 is 5.32 Å². The van der Waals surface area contributed by atoms with E-state index in [4.69, 9.17) is 4.74 Å². The van der Waals surface area contributed by atoms with Crippen LogP contribution in [0.1, 0.15) is 38.8 Å². The summed E-state index contributed by atoms with van der Waals surface area (Å²) in [6.07, 6.45) is 5.55. The van der Waals surface area contributed by atoms with Crippen LogP contribution in [0, 0.1) is 0 Å². The van der Waals surface area contributed by atoms with Crippen molar-refractivity contribution in [3.8, 4) is 0 Å². The van der Waals surface area contributed by atoms with Gasteiger partial charge in [0.15, 0.2) is 0 Å². The number of aryl methyl sites for hydroxylation is 1. The third-order valence-corrected chi connectivity index (χ3v) is 3.23. The Morgan fingerprint density at radius 1 is 1.53 bits per heavy atom. The highest BCUT2D eigenvalue weighted by atomic mass is 16.5. The van der Waals surface area contributed by atoms with Gasteiger partial charge in [0.05, 0.1) is 11.3 Å². The van der Waals surface area contributed by atoms with E-state index in [1.165, 1.54) is 12.8 Å². The van der Waals surface area contributed by atoms with E-state index in [1.807, 2.05) is 10.9 Å². The van der Waals surface area contributed by atoms with Gasteiger partial charge >= 0.3 is 0 Å². The van der Waals surface area contributed by atoms with Crippen molar-refractivity contribution < 1.29 is 4.74 Å². The van der Waals surface area contributed by atoms with Gasteiger partial charge in [-0.25, -0.2) is 0 Å². The zero-order valence-electron chi connectivity index (χ0n) is 10.9. The number of rotatable bonds is 7. The van der Waals surface area contributed by atoms with Crippen LogP contribution in [0.15, 0.2) is 6.20 Å². The molecule has 5 heteroatoms. The van der Waals surface area contributed by atoms with Gasteiger partial charge in [0.25, 0.3) is 0 Å². The van der Waals surface area contributed by atoms with Gasteiger partial charge in [0.2, 0.25) is 0 Å². The lowest BCUT2D eigenvalue weighted by Gasteiger charge is -2.22. The Labute approximate surface area is 103 Å². The number of aromatic nitrogens is 3. The zero-order chi connectivity index (χ0) is 12.3. The minimum Gasteiger partial charge on any atom is -0.379 e. The molecule has 1 aromatic heterocycles. The Bertz CT molecular complexity index is 357. The molecule has 0 bridgehead atoms. The molecule has 0 aliphatic heterocycles. The van der Waals surface area contributed by atoms with Gasteiger partial charge in [0.1, 0.15) is 0 Å². The fourth-order valence-electron chi connectivity index (χ4n) is 1.55. The van der Waals surface area contributed by atoms with Gasteiger partial charge < -0.3 is 10.1 Å². The lowest BCUT2D eigenvalue weighted by Crippen LogP contribution is -2.24. The van der Waals surface area contributed by atoms with Gasteiger partial charge in [-0.2, -0.15) is 0 Å². The molecule has 1 aliphatic carbocycles. The SMILES string of the molecule is COC(C)(C)CCn1cc(CNC2CC2)nn1. The summed E-state index contributed by atoms with van der Waals surface area (Å²) < 4.78 is 7.27. The number of nitrogens with one attached hydrogen (secondary N) is 1. The van der Waals surface area contributed by atoms with Crippen molar-refractivity contribution in [2.45, 2.75) is 57.8 Å². The van der Waals surface area contributed by atoms with E-state index in [-0.39, 0.29) is 5.60 Å². The van der Waals surface area contributed by atoms with Gasteiger partial charge in [-0.3, -0.25) is 4.68 Å². The van der Waals surface area contributed by atoms with E-state index >= 15 is 0 Å². The average Bonchev–Trinajstić information content (AvgIpc) is 3.03. The zero-order valence-corrected chi connectivity index (χ0v) is 10.9. The second-order valence-electron chi connectivity index (χ2n) is 5.34. The molecule has 17 heavy (non-hydrogen) atoms. The molecule has 0 amide bonds. The molecule has 5 nitrogen and oxygen atoms in total. The first-order valence-electron chi connectivity index (χ1n) is 6.26. The van der Waals surface area contributed by atoms with Gasteiger partial charge in [-0.15, -0.1) is 5.10 Å². The summed E-state index contributed by atoms with van der Waals surface area (Å²) in [6, 6.07) is 0.715. The summed E-state index contributed by atoms with van der Waals surface area (Å²) in [5.74, 6) is 0. The van der Waals surface area contributed by atoms with Crippen LogP contribution in [0.3, 0.4) is 0 Å². The first-order valence-corrected chi connectivity index (χ1v) is 6.26. The molecule has 2 rings (SSSR count). The van der Waals surface area contributed by atoms with Crippen LogP contribution in [0.4, 0.5) is 0 Å². The molecule has 96 valence electrons. The molecule has 0 unspecified atom stereocenters. The number of methoxy groups -OCH3 is 1. The lowest BCUT2D eigenvalue weighted by molar-refractivity contribution is 0.0112. The first-order chi connectivity index (χ1) is 8.09. The van der Waals surface area contributed by atoms with Crippen molar-refractivity contribution in [2.75, 3.05) is 7.11 Å². The third kappa shape index (κ3) is 4.09. The van der Waals surface area contributed by atoms with E-state index < -0.39 is 0 Å². The summed E-state index contributed by atoms with van der Waals surface area (Å²) in [4.78, 5) is 0. The standard InChI is InChI=1S/C12H22N4O/c1-12(2,17-3)6-7-16-9-11(14-15-16)8-13-10-4-5-10/h9-10,13H,4-8H2,1-3H3. The van der Waals surface area contributed by atoms with Crippen LogP contribution in [0.5, 0.6) is 0 Å². The fourth-order valence-corrected chi connectivity index (χ4v) is 1.55. The molecule has 1 N–H and O–H groups in total. The van der Waals surface area contributed by atoms with E-state index in [1.54, 1.807) is 7.11 Å². The van der Waals surface area contributed by atoms with Crippen LogP contribution in [0.25, 0.3) is 0 Å². The quantitative estimate of drug-likeness (QED) is 0.779. The van der Waals surface area contributed by atoms with E-state index in [9.17, 15) is 0 Å². The fraction of sp³-hybridized carbons (Fsp3) is 0.833. The van der Waals surface area contributed by atoms with Crippen molar-refractivity contribution in [3.63, 3.8) is 0 Å². The molecular formula is C12H22N4O. The lowest BCUT2D eigenvalue weighted by atomic mass is 10.1. The van der Waals surface area contributed by atoms with Gasteiger partial charge in [-0.1, -0.05) is 5.21 Å². The molecule has 0 aromatic carbocycles. The number of hydrogen-bond acceptors (Lipinski definition) is 4. The number of hydrogen-bond donors (Lipinski definition) is 1. The average molecular weight is 238 g/mol. The summed E-state index contributed by atoms with van der Waals surface area (Å²) in [7, 11) is 1.74. The molecule has 0 radical (unpaired) electrons. The molecular weight excluding hydrogens is 216 g/mol. The molecule has 0 atom stereocenters. The minimum atomic E-state index is -0.0988. The van der Waals surface area contributed by atoms with E-state index in [0.29, 0.717) is 6.04 Å². The summed E-state index contributed by atoms with van der Waals surface area (Å²) >= 11 is 0. The molecule has 0 saturated heterocycles. The van der Waals surface area contributed by atoms with Crippen molar-refractivity contribution in [1.29, 1.82) is 0 Å². The van der Waals surface area contributed by atoms with Crippen LogP contribution >= 0.6 is 0 Å². The highest BCUT2D eigenvalue weighted by molar-refractivity contribution is 4.94. The monoisotopic (exact) mass is 238 g/mol. The maximum atomic E-state index is 5.38. The molecule has 1 heterocycles. The maximum absolute atomic E-state index is 5.38. The van der Waals surface area contributed by atoms with Gasteiger partial charge in [-0.05, 0) is 33.1 Å². The highest BCUT2D eigenvalue weighted by Crippen LogP contribution is 2.19. The molecule has 1 aliphatic rings. The second-order valence-corrected chi connectivity index (χ2v) is 5.34. The number of ether oxygens (including phenoxy) is 1. The van der Waals surface area contributed by atoms with Crippen molar-refractivity contribution >= 4 is 0 Å².